The third kappa shape index (κ3) is 3.98. The van der Waals surface area contributed by atoms with Crippen molar-refractivity contribution in [3.05, 3.63) is 36.2 Å². The molecule has 0 saturated carbocycles. The molecule has 1 aromatic carbocycles. The highest BCUT2D eigenvalue weighted by Crippen LogP contribution is 2.21. The molecular weight excluding hydrogens is 340 g/mol. The Balaban J connectivity index is 1.32. The average Bonchev–Trinajstić information content (AvgIpc) is 3.33. The lowest BCUT2D eigenvalue weighted by Crippen LogP contribution is -2.45. The fourth-order valence-corrected chi connectivity index (χ4v) is 4.07. The van der Waals surface area contributed by atoms with Crippen LogP contribution in [-0.4, -0.2) is 63.3 Å². The molecule has 27 heavy (non-hydrogen) atoms. The first-order valence-electron chi connectivity index (χ1n) is 9.97. The number of fused-ring (bicyclic) bond motifs is 1. The maximum absolute atomic E-state index is 12.6. The highest BCUT2D eigenvalue weighted by Gasteiger charge is 2.26. The number of likely N-dealkylation sites (tertiary alicyclic amines) is 1. The van der Waals surface area contributed by atoms with Gasteiger partial charge in [-0.15, -0.1) is 10.2 Å². The maximum Gasteiger partial charge on any atom is 0.317 e. The molecule has 1 atom stereocenters. The Morgan fingerprint density at radius 3 is 2.85 bits per heavy atom. The van der Waals surface area contributed by atoms with E-state index in [1.54, 1.807) is 0 Å². The van der Waals surface area contributed by atoms with Crippen molar-refractivity contribution in [2.24, 2.45) is 5.92 Å². The summed E-state index contributed by atoms with van der Waals surface area (Å²) < 4.78 is 2.12. The zero-order valence-corrected chi connectivity index (χ0v) is 16.0. The molecule has 0 bridgehead atoms. The largest absolute Gasteiger partial charge is 0.338 e. The van der Waals surface area contributed by atoms with E-state index in [9.17, 15) is 4.79 Å². The summed E-state index contributed by atoms with van der Waals surface area (Å²) in [6.45, 7) is 8.32. The van der Waals surface area contributed by atoms with Crippen LogP contribution in [0.25, 0.3) is 11.4 Å². The fourth-order valence-electron chi connectivity index (χ4n) is 4.07. The number of urea groups is 1. The molecule has 1 saturated heterocycles. The molecule has 7 nitrogen and oxygen atoms in total. The molecular formula is C20H28N6O. The molecule has 144 valence electrons. The van der Waals surface area contributed by atoms with Crippen LogP contribution in [0.1, 0.15) is 25.6 Å². The van der Waals surface area contributed by atoms with Crippen molar-refractivity contribution in [1.82, 2.24) is 29.9 Å². The van der Waals surface area contributed by atoms with E-state index in [1.165, 1.54) is 12.8 Å². The zero-order valence-electron chi connectivity index (χ0n) is 16.0. The van der Waals surface area contributed by atoms with Crippen LogP contribution in [0.5, 0.6) is 0 Å². The summed E-state index contributed by atoms with van der Waals surface area (Å²) >= 11 is 0. The van der Waals surface area contributed by atoms with Crippen LogP contribution in [0.4, 0.5) is 4.79 Å². The van der Waals surface area contributed by atoms with Crippen LogP contribution < -0.4 is 5.32 Å². The first kappa shape index (κ1) is 18.0. The number of rotatable bonds is 5. The van der Waals surface area contributed by atoms with Crippen molar-refractivity contribution in [2.75, 3.05) is 32.7 Å². The minimum atomic E-state index is 0.0134. The molecule has 0 aliphatic carbocycles. The second-order valence-corrected chi connectivity index (χ2v) is 7.52. The lowest BCUT2D eigenvalue weighted by molar-refractivity contribution is 0.180. The minimum absolute atomic E-state index is 0.0134. The number of aromatic nitrogens is 3. The minimum Gasteiger partial charge on any atom is -0.338 e. The second kappa shape index (κ2) is 8.08. The highest BCUT2D eigenvalue weighted by molar-refractivity contribution is 5.74. The topological polar surface area (TPSA) is 66.3 Å². The summed E-state index contributed by atoms with van der Waals surface area (Å²) in [6, 6.07) is 10.1. The standard InChI is InChI=1S/C20H28N6O/c1-2-9-24-10-8-16(14-24)13-21-20(27)25-11-12-26-18(15-25)22-23-19(26)17-6-4-3-5-7-17/h3-7,16H,2,8-15H2,1H3,(H,21,27). The van der Waals surface area contributed by atoms with Crippen LogP contribution in [-0.2, 0) is 13.1 Å². The monoisotopic (exact) mass is 368 g/mol. The predicted molar refractivity (Wildman–Crippen MR) is 104 cm³/mol. The third-order valence-electron chi connectivity index (χ3n) is 5.52. The van der Waals surface area contributed by atoms with E-state index < -0.39 is 0 Å². The van der Waals surface area contributed by atoms with Gasteiger partial charge in [-0.25, -0.2) is 4.79 Å². The number of hydrogen-bond donors (Lipinski definition) is 1. The molecule has 2 aliphatic rings. The van der Waals surface area contributed by atoms with Gasteiger partial charge >= 0.3 is 6.03 Å². The summed E-state index contributed by atoms with van der Waals surface area (Å²) in [7, 11) is 0. The van der Waals surface area contributed by atoms with Gasteiger partial charge in [-0.2, -0.15) is 0 Å². The number of carbonyl (C=O) groups is 1. The first-order valence-corrected chi connectivity index (χ1v) is 9.97. The van der Waals surface area contributed by atoms with Gasteiger partial charge in [0.2, 0.25) is 0 Å². The SMILES string of the molecule is CCCN1CCC(CNC(=O)N2CCn3c(nnc3-c3ccccc3)C2)C1. The van der Waals surface area contributed by atoms with Crippen LogP contribution in [0.2, 0.25) is 0 Å². The molecule has 7 heteroatoms. The molecule has 0 spiro atoms. The predicted octanol–water partition coefficient (Wildman–Crippen LogP) is 2.20. The zero-order chi connectivity index (χ0) is 18.6. The fraction of sp³-hybridized carbons (Fsp3) is 0.550. The normalized spacial score (nSPS) is 19.9. The molecule has 4 rings (SSSR count). The number of carbonyl (C=O) groups excluding carboxylic acids is 1. The quantitative estimate of drug-likeness (QED) is 0.879. The maximum atomic E-state index is 12.6. The van der Waals surface area contributed by atoms with E-state index in [0.29, 0.717) is 19.0 Å². The smallest absolute Gasteiger partial charge is 0.317 e. The number of hydrogen-bond acceptors (Lipinski definition) is 4. The first-order chi connectivity index (χ1) is 13.2. The van der Waals surface area contributed by atoms with Gasteiger partial charge in [0.25, 0.3) is 0 Å². The van der Waals surface area contributed by atoms with Crippen LogP contribution >= 0.6 is 0 Å². The van der Waals surface area contributed by atoms with Gasteiger partial charge in [0.15, 0.2) is 11.6 Å². The van der Waals surface area contributed by atoms with E-state index in [4.69, 9.17) is 0 Å². The van der Waals surface area contributed by atoms with Crippen molar-refractivity contribution >= 4 is 6.03 Å². The summed E-state index contributed by atoms with van der Waals surface area (Å²) in [5, 5.41) is 11.8. The van der Waals surface area contributed by atoms with Gasteiger partial charge in [-0.1, -0.05) is 37.3 Å². The molecule has 1 fully saturated rings. The van der Waals surface area contributed by atoms with Crippen LogP contribution in [0.15, 0.2) is 30.3 Å². The number of amides is 2. The summed E-state index contributed by atoms with van der Waals surface area (Å²) in [5.41, 5.74) is 1.06. The van der Waals surface area contributed by atoms with Gasteiger partial charge in [-0.05, 0) is 31.8 Å². The second-order valence-electron chi connectivity index (χ2n) is 7.52. The van der Waals surface area contributed by atoms with Crippen molar-refractivity contribution in [3.63, 3.8) is 0 Å². The van der Waals surface area contributed by atoms with Crippen molar-refractivity contribution < 1.29 is 4.79 Å². The van der Waals surface area contributed by atoms with Crippen molar-refractivity contribution in [2.45, 2.75) is 32.9 Å². The average molecular weight is 368 g/mol. The highest BCUT2D eigenvalue weighted by atomic mass is 16.2. The van der Waals surface area contributed by atoms with E-state index in [0.717, 1.165) is 49.9 Å². The Morgan fingerprint density at radius 1 is 1.19 bits per heavy atom. The van der Waals surface area contributed by atoms with Crippen molar-refractivity contribution in [3.8, 4) is 11.4 Å². The summed E-state index contributed by atoms with van der Waals surface area (Å²) in [5.74, 6) is 2.30. The molecule has 0 radical (unpaired) electrons. The Kier molecular flexibility index (Phi) is 5.38. The van der Waals surface area contributed by atoms with Gasteiger partial charge in [0.05, 0.1) is 6.54 Å². The van der Waals surface area contributed by atoms with Crippen LogP contribution in [0.3, 0.4) is 0 Å². The lowest BCUT2D eigenvalue weighted by atomic mass is 10.1. The third-order valence-corrected chi connectivity index (χ3v) is 5.52. The Bertz CT molecular complexity index is 774. The van der Waals surface area contributed by atoms with Crippen molar-refractivity contribution in [1.29, 1.82) is 0 Å². The Hall–Kier alpha value is -2.41. The van der Waals surface area contributed by atoms with Gasteiger partial charge in [-0.3, -0.25) is 0 Å². The van der Waals surface area contributed by atoms with E-state index in [2.05, 4.69) is 31.9 Å². The van der Waals surface area contributed by atoms with E-state index in [-0.39, 0.29) is 6.03 Å². The lowest BCUT2D eigenvalue weighted by Gasteiger charge is -2.28. The molecule has 3 heterocycles. The van der Waals surface area contributed by atoms with E-state index in [1.807, 2.05) is 35.2 Å². The number of nitrogens with one attached hydrogen (secondary N) is 1. The molecule has 2 aliphatic heterocycles. The molecule has 1 unspecified atom stereocenters. The van der Waals surface area contributed by atoms with E-state index >= 15 is 0 Å². The number of benzene rings is 1. The Labute approximate surface area is 160 Å². The van der Waals surface area contributed by atoms with Crippen LogP contribution in [0, 0.1) is 5.92 Å². The van der Waals surface area contributed by atoms with Gasteiger partial charge < -0.3 is 19.7 Å². The molecule has 2 amide bonds. The van der Waals surface area contributed by atoms with Gasteiger partial charge in [0, 0.05) is 31.7 Å². The summed E-state index contributed by atoms with van der Waals surface area (Å²) in [4.78, 5) is 16.9. The molecule has 2 aromatic rings. The summed E-state index contributed by atoms with van der Waals surface area (Å²) in [6.07, 6.45) is 2.37. The molecule has 1 aromatic heterocycles. The van der Waals surface area contributed by atoms with Gasteiger partial charge in [0.1, 0.15) is 0 Å². The number of nitrogens with zero attached hydrogens (tertiary/aromatic N) is 5. The molecule has 1 N–H and O–H groups in total. The Morgan fingerprint density at radius 2 is 2.04 bits per heavy atom.